The Morgan fingerprint density at radius 3 is 2.35 bits per heavy atom. The zero-order chi connectivity index (χ0) is 22.5. The van der Waals surface area contributed by atoms with Gasteiger partial charge in [-0.15, -0.1) is 0 Å². The second-order valence-corrected chi connectivity index (χ2v) is 8.48. The Bertz CT molecular complexity index is 1070. The summed E-state index contributed by atoms with van der Waals surface area (Å²) in [7, 11) is 0. The molecule has 0 spiro atoms. The molecule has 0 aliphatic carbocycles. The molecular formula is C24H29ClN4O2. The number of carbonyl (C=O) groups is 2. The van der Waals surface area contributed by atoms with Gasteiger partial charge in [0.15, 0.2) is 0 Å². The Hall–Kier alpha value is -2.86. The van der Waals surface area contributed by atoms with Gasteiger partial charge in [-0.1, -0.05) is 35.9 Å². The minimum absolute atomic E-state index is 0.0505. The largest absolute Gasteiger partial charge is 0.352 e. The zero-order valence-corrected chi connectivity index (χ0v) is 19.2. The maximum absolute atomic E-state index is 13.1. The van der Waals surface area contributed by atoms with E-state index >= 15 is 0 Å². The van der Waals surface area contributed by atoms with E-state index < -0.39 is 0 Å². The molecule has 0 bridgehead atoms. The van der Waals surface area contributed by atoms with Gasteiger partial charge in [0.2, 0.25) is 5.91 Å². The van der Waals surface area contributed by atoms with Crippen LogP contribution >= 0.6 is 11.6 Å². The lowest BCUT2D eigenvalue weighted by Gasteiger charge is -2.31. The van der Waals surface area contributed by atoms with Gasteiger partial charge < -0.3 is 14.8 Å². The van der Waals surface area contributed by atoms with Crippen molar-refractivity contribution < 1.29 is 9.59 Å². The number of halogens is 1. The molecule has 0 fully saturated rings. The number of aromatic nitrogens is 2. The van der Waals surface area contributed by atoms with Gasteiger partial charge in [-0.25, -0.2) is 4.98 Å². The third kappa shape index (κ3) is 5.25. The average molecular weight is 441 g/mol. The van der Waals surface area contributed by atoms with Crippen molar-refractivity contribution in [2.75, 3.05) is 6.54 Å². The monoisotopic (exact) mass is 440 g/mol. The third-order valence-corrected chi connectivity index (χ3v) is 5.51. The number of nitrogens with zero attached hydrogens (tertiary/aromatic N) is 3. The number of nitrogens with one attached hydrogen (secondary N) is 1. The molecule has 0 atom stereocenters. The van der Waals surface area contributed by atoms with E-state index in [1.165, 1.54) is 0 Å². The number of fused-ring (bicyclic) bond motifs is 1. The molecule has 1 N–H and O–H groups in total. The molecule has 0 aliphatic rings. The van der Waals surface area contributed by atoms with Crippen LogP contribution in [0.3, 0.4) is 0 Å². The molecule has 0 unspecified atom stereocenters. The van der Waals surface area contributed by atoms with Crippen LogP contribution in [0.1, 0.15) is 43.9 Å². The van der Waals surface area contributed by atoms with E-state index in [0.29, 0.717) is 23.6 Å². The number of amides is 2. The predicted molar refractivity (Wildman–Crippen MR) is 124 cm³/mol. The number of imidazole rings is 1. The number of carbonyl (C=O) groups excluding carboxylic acids is 2. The smallest absolute Gasteiger partial charge is 0.252 e. The van der Waals surface area contributed by atoms with E-state index in [2.05, 4.69) is 5.32 Å². The van der Waals surface area contributed by atoms with E-state index in [4.69, 9.17) is 16.6 Å². The van der Waals surface area contributed by atoms with Gasteiger partial charge in [0.1, 0.15) is 12.4 Å². The fraction of sp³-hybridized carbons (Fsp3) is 0.375. The Kier molecular flexibility index (Phi) is 7.33. The van der Waals surface area contributed by atoms with Crippen molar-refractivity contribution in [3.8, 4) is 0 Å². The Morgan fingerprint density at radius 2 is 1.68 bits per heavy atom. The molecular weight excluding hydrogens is 412 g/mol. The molecule has 0 saturated carbocycles. The molecule has 1 heterocycles. The van der Waals surface area contributed by atoms with Crippen LogP contribution in [-0.4, -0.2) is 44.9 Å². The number of hydrogen-bond donors (Lipinski definition) is 1. The molecule has 0 radical (unpaired) electrons. The van der Waals surface area contributed by atoms with E-state index in [1.54, 1.807) is 24.3 Å². The highest BCUT2D eigenvalue weighted by Gasteiger charge is 2.22. The predicted octanol–water partition coefficient (Wildman–Crippen LogP) is 4.31. The molecule has 2 aromatic carbocycles. The first-order valence-electron chi connectivity index (χ1n) is 10.6. The van der Waals surface area contributed by atoms with E-state index in [9.17, 15) is 9.59 Å². The van der Waals surface area contributed by atoms with Gasteiger partial charge in [0.05, 0.1) is 21.6 Å². The average Bonchev–Trinajstić information content (AvgIpc) is 3.05. The van der Waals surface area contributed by atoms with Crippen molar-refractivity contribution in [1.29, 1.82) is 0 Å². The van der Waals surface area contributed by atoms with Crippen molar-refractivity contribution in [3.63, 3.8) is 0 Å². The maximum atomic E-state index is 13.1. The molecule has 164 valence electrons. The standard InChI is InChI=1S/C24H29ClN4O2/c1-16(2)29(17(3)4)23(30)15-28-21-12-8-7-11-20(21)27-22(28)13-14-26-24(31)18-9-5-6-10-19(18)25/h5-12,16-17H,13-15H2,1-4H3,(H,26,31). The first kappa shape index (κ1) is 22.8. The molecule has 31 heavy (non-hydrogen) atoms. The lowest BCUT2D eigenvalue weighted by atomic mass is 10.2. The van der Waals surface area contributed by atoms with Crippen LogP contribution in [0.2, 0.25) is 5.02 Å². The van der Waals surface area contributed by atoms with E-state index in [-0.39, 0.29) is 30.4 Å². The molecule has 2 amide bonds. The van der Waals surface area contributed by atoms with Crippen LogP contribution in [0.25, 0.3) is 11.0 Å². The highest BCUT2D eigenvalue weighted by molar-refractivity contribution is 6.33. The van der Waals surface area contributed by atoms with Crippen LogP contribution in [0.5, 0.6) is 0 Å². The fourth-order valence-corrected chi connectivity index (χ4v) is 4.13. The van der Waals surface area contributed by atoms with Crippen molar-refractivity contribution in [3.05, 3.63) is 64.9 Å². The summed E-state index contributed by atoms with van der Waals surface area (Å²) < 4.78 is 1.96. The summed E-state index contributed by atoms with van der Waals surface area (Å²) in [6.45, 7) is 8.69. The topological polar surface area (TPSA) is 67.2 Å². The van der Waals surface area contributed by atoms with Crippen LogP contribution in [0, 0.1) is 0 Å². The third-order valence-electron chi connectivity index (χ3n) is 5.18. The first-order chi connectivity index (χ1) is 14.8. The summed E-state index contributed by atoms with van der Waals surface area (Å²) in [6, 6.07) is 14.9. The van der Waals surface area contributed by atoms with E-state index in [1.807, 2.05) is 61.4 Å². The van der Waals surface area contributed by atoms with Crippen molar-refractivity contribution in [2.45, 2.75) is 52.7 Å². The molecule has 0 aliphatic heterocycles. The van der Waals surface area contributed by atoms with Gasteiger partial charge in [-0.2, -0.15) is 0 Å². The van der Waals surface area contributed by atoms with Crippen LogP contribution < -0.4 is 5.32 Å². The Labute approximate surface area is 188 Å². The van der Waals surface area contributed by atoms with Crippen molar-refractivity contribution in [2.24, 2.45) is 0 Å². The Balaban J connectivity index is 1.78. The highest BCUT2D eigenvalue weighted by Crippen LogP contribution is 2.18. The van der Waals surface area contributed by atoms with Crippen LogP contribution in [0.4, 0.5) is 0 Å². The molecule has 1 aromatic heterocycles. The lowest BCUT2D eigenvalue weighted by Crippen LogP contribution is -2.43. The minimum Gasteiger partial charge on any atom is -0.352 e. The van der Waals surface area contributed by atoms with Gasteiger partial charge in [0.25, 0.3) is 5.91 Å². The van der Waals surface area contributed by atoms with Gasteiger partial charge in [0, 0.05) is 25.0 Å². The summed E-state index contributed by atoms with van der Waals surface area (Å²) in [6.07, 6.45) is 0.501. The number of benzene rings is 2. The van der Waals surface area contributed by atoms with Gasteiger partial charge in [-0.3, -0.25) is 9.59 Å². The number of para-hydroxylation sites is 2. The number of rotatable bonds is 8. The summed E-state index contributed by atoms with van der Waals surface area (Å²) in [4.78, 5) is 32.1. The van der Waals surface area contributed by atoms with Crippen LogP contribution in [0.15, 0.2) is 48.5 Å². The summed E-state index contributed by atoms with van der Waals surface area (Å²) in [5.41, 5.74) is 2.19. The van der Waals surface area contributed by atoms with Crippen molar-refractivity contribution >= 4 is 34.4 Å². The normalized spacial score (nSPS) is 11.3. The fourth-order valence-electron chi connectivity index (χ4n) is 3.91. The molecule has 6 nitrogen and oxygen atoms in total. The minimum atomic E-state index is -0.227. The van der Waals surface area contributed by atoms with Crippen LogP contribution in [-0.2, 0) is 17.8 Å². The lowest BCUT2D eigenvalue weighted by molar-refractivity contribution is -0.135. The van der Waals surface area contributed by atoms with Gasteiger partial charge >= 0.3 is 0 Å². The summed E-state index contributed by atoms with van der Waals surface area (Å²) in [5.74, 6) is 0.589. The zero-order valence-electron chi connectivity index (χ0n) is 18.4. The maximum Gasteiger partial charge on any atom is 0.252 e. The molecule has 7 heteroatoms. The Morgan fingerprint density at radius 1 is 1.03 bits per heavy atom. The highest BCUT2D eigenvalue weighted by atomic mass is 35.5. The quantitative estimate of drug-likeness (QED) is 0.567. The second-order valence-electron chi connectivity index (χ2n) is 8.08. The SMILES string of the molecule is CC(C)N(C(=O)Cn1c(CCNC(=O)c2ccccc2Cl)nc2ccccc21)C(C)C. The molecule has 3 rings (SSSR count). The summed E-state index contributed by atoms with van der Waals surface area (Å²) >= 11 is 6.11. The first-order valence-corrected chi connectivity index (χ1v) is 11.0. The molecule has 0 saturated heterocycles. The van der Waals surface area contributed by atoms with Gasteiger partial charge in [-0.05, 0) is 52.0 Å². The van der Waals surface area contributed by atoms with Crippen molar-refractivity contribution in [1.82, 2.24) is 19.8 Å². The number of hydrogen-bond acceptors (Lipinski definition) is 3. The molecule has 3 aromatic rings. The second kappa shape index (κ2) is 9.96. The summed E-state index contributed by atoms with van der Waals surface area (Å²) in [5, 5.41) is 3.32. The van der Waals surface area contributed by atoms with E-state index in [0.717, 1.165) is 16.9 Å².